The van der Waals surface area contributed by atoms with Crippen molar-refractivity contribution in [2.45, 2.75) is 31.2 Å². The number of nitrogens with one attached hydrogen (secondary N) is 2. The summed E-state index contributed by atoms with van der Waals surface area (Å²) in [5.41, 5.74) is 5.79. The van der Waals surface area contributed by atoms with Crippen LogP contribution >= 0.6 is 0 Å². The number of anilines is 1. The number of hydrogen-bond donors (Lipinski definition) is 2. The Labute approximate surface area is 186 Å². The molecular weight excluding hydrogens is 402 g/mol. The van der Waals surface area contributed by atoms with Crippen molar-refractivity contribution in [2.75, 3.05) is 11.9 Å². The topological polar surface area (TPSA) is 91.0 Å². The van der Waals surface area contributed by atoms with Gasteiger partial charge in [-0.05, 0) is 42.0 Å². The van der Waals surface area contributed by atoms with Crippen LogP contribution in [-0.2, 0) is 11.2 Å². The van der Waals surface area contributed by atoms with E-state index in [0.717, 1.165) is 16.8 Å². The number of benzene rings is 2. The van der Waals surface area contributed by atoms with Crippen molar-refractivity contribution < 1.29 is 9.59 Å². The highest BCUT2D eigenvalue weighted by Gasteiger charge is 2.34. The van der Waals surface area contributed by atoms with Crippen LogP contribution in [0.1, 0.15) is 46.3 Å². The molecule has 0 aliphatic carbocycles. The van der Waals surface area contributed by atoms with E-state index in [-0.39, 0.29) is 17.6 Å². The minimum Gasteiger partial charge on any atom is -0.337 e. The first kappa shape index (κ1) is 21.3. The first-order valence-corrected chi connectivity index (χ1v) is 10.5. The second-order valence-electron chi connectivity index (χ2n) is 7.84. The lowest BCUT2D eigenvalue weighted by Gasteiger charge is -2.21. The van der Waals surface area contributed by atoms with Gasteiger partial charge in [0.05, 0.1) is 0 Å². The van der Waals surface area contributed by atoms with Gasteiger partial charge in [-0.3, -0.25) is 9.59 Å². The zero-order valence-electron chi connectivity index (χ0n) is 17.9. The normalized spacial score (nSPS) is 17.8. The van der Waals surface area contributed by atoms with E-state index in [1.807, 2.05) is 60.7 Å². The van der Waals surface area contributed by atoms with Gasteiger partial charge in [-0.1, -0.05) is 55.1 Å². The molecule has 0 saturated carbocycles. The number of nitrogens with zero attached hydrogens (tertiary/aromatic N) is 3. The van der Waals surface area contributed by atoms with Gasteiger partial charge in [0.2, 0.25) is 11.7 Å². The Morgan fingerprint density at radius 1 is 1.22 bits per heavy atom. The summed E-state index contributed by atoms with van der Waals surface area (Å²) in [6.07, 6.45) is 3.55. The largest absolute Gasteiger partial charge is 0.337 e. The second-order valence-corrected chi connectivity index (χ2v) is 7.84. The standard InChI is InChI=1S/C25H25N5O2/c1-3-4-12-18-16-20(25(32)30(2)21-14-9-8-13-19(18)21)26-24(31)23-27-22(28-29-23)15-17-10-6-5-7-11-17/h4-11,13-14,18,20H,1,12,15-16H2,2H3,(H,26,31)(H,27,28,29)/t18-,20-/m0/s1. The van der Waals surface area contributed by atoms with Gasteiger partial charge in [-0.2, -0.15) is 0 Å². The molecule has 1 aliphatic rings. The Bertz CT molecular complexity index is 1160. The van der Waals surface area contributed by atoms with E-state index in [0.29, 0.717) is 25.1 Å². The van der Waals surface area contributed by atoms with Crippen molar-refractivity contribution in [3.63, 3.8) is 0 Å². The van der Waals surface area contributed by atoms with E-state index in [9.17, 15) is 9.59 Å². The SMILES string of the molecule is C=C=CC[C@H]1C[C@H](NC(=O)c2nnc(Cc3ccccc3)[nH]2)C(=O)N(C)c2ccccc21. The van der Waals surface area contributed by atoms with E-state index in [4.69, 9.17) is 0 Å². The second kappa shape index (κ2) is 9.45. The molecule has 7 heteroatoms. The molecule has 2 heterocycles. The minimum atomic E-state index is -0.689. The van der Waals surface area contributed by atoms with Crippen molar-refractivity contribution in [2.24, 2.45) is 0 Å². The maximum absolute atomic E-state index is 13.2. The lowest BCUT2D eigenvalue weighted by atomic mass is 9.89. The number of para-hydroxylation sites is 1. The zero-order chi connectivity index (χ0) is 22.5. The predicted molar refractivity (Wildman–Crippen MR) is 122 cm³/mol. The zero-order valence-corrected chi connectivity index (χ0v) is 17.9. The molecule has 1 aliphatic heterocycles. The van der Waals surface area contributed by atoms with Crippen molar-refractivity contribution >= 4 is 17.5 Å². The van der Waals surface area contributed by atoms with Crippen LogP contribution in [0.2, 0.25) is 0 Å². The van der Waals surface area contributed by atoms with Crippen LogP contribution in [0, 0.1) is 0 Å². The number of carbonyl (C=O) groups excluding carboxylic acids is 2. The smallest absolute Gasteiger partial charge is 0.289 e. The van der Waals surface area contributed by atoms with Crippen LogP contribution in [-0.4, -0.2) is 40.1 Å². The molecule has 7 nitrogen and oxygen atoms in total. The van der Waals surface area contributed by atoms with Gasteiger partial charge in [-0.25, -0.2) is 0 Å². The van der Waals surface area contributed by atoms with Crippen molar-refractivity contribution in [3.05, 3.63) is 95.8 Å². The number of allylic oxidation sites excluding steroid dienone is 1. The number of aromatic amines is 1. The maximum atomic E-state index is 13.2. The molecule has 2 aromatic carbocycles. The Hall–Kier alpha value is -3.96. The quantitative estimate of drug-likeness (QED) is 0.590. The van der Waals surface area contributed by atoms with Gasteiger partial charge in [-0.15, -0.1) is 15.9 Å². The van der Waals surface area contributed by atoms with Gasteiger partial charge in [0.1, 0.15) is 11.9 Å². The Morgan fingerprint density at radius 2 is 1.97 bits per heavy atom. The molecule has 162 valence electrons. The molecule has 0 bridgehead atoms. The van der Waals surface area contributed by atoms with Gasteiger partial charge < -0.3 is 15.2 Å². The molecule has 1 aromatic heterocycles. The molecule has 2 amide bonds. The van der Waals surface area contributed by atoms with Crippen LogP contribution in [0.4, 0.5) is 5.69 Å². The van der Waals surface area contributed by atoms with Crippen LogP contribution < -0.4 is 10.2 Å². The molecular formula is C25H25N5O2. The minimum absolute atomic E-state index is 0.0445. The highest BCUT2D eigenvalue weighted by atomic mass is 16.2. The number of carbonyl (C=O) groups is 2. The fraction of sp³-hybridized carbons (Fsp3) is 0.240. The molecule has 4 rings (SSSR count). The molecule has 0 saturated heterocycles. The number of hydrogen-bond acceptors (Lipinski definition) is 4. The molecule has 0 radical (unpaired) electrons. The van der Waals surface area contributed by atoms with E-state index >= 15 is 0 Å². The summed E-state index contributed by atoms with van der Waals surface area (Å²) in [4.78, 5) is 30.6. The average Bonchev–Trinajstić information content (AvgIpc) is 3.26. The number of aromatic nitrogens is 3. The molecule has 2 N–H and O–H groups in total. The third kappa shape index (κ3) is 4.53. The first-order valence-electron chi connectivity index (χ1n) is 10.5. The highest BCUT2D eigenvalue weighted by Crippen LogP contribution is 2.36. The lowest BCUT2D eigenvalue weighted by Crippen LogP contribution is -2.47. The number of fused-ring (bicyclic) bond motifs is 1. The molecule has 32 heavy (non-hydrogen) atoms. The summed E-state index contributed by atoms with van der Waals surface area (Å²) >= 11 is 0. The Kier molecular flexibility index (Phi) is 6.29. The lowest BCUT2D eigenvalue weighted by molar-refractivity contribution is -0.120. The van der Waals surface area contributed by atoms with E-state index in [2.05, 4.69) is 32.8 Å². The number of H-pyrrole nitrogens is 1. The summed E-state index contributed by atoms with van der Waals surface area (Å²) in [6, 6.07) is 16.9. The Balaban J connectivity index is 1.52. The molecule has 0 unspecified atom stereocenters. The fourth-order valence-corrected chi connectivity index (χ4v) is 4.07. The third-order valence-corrected chi connectivity index (χ3v) is 5.70. The van der Waals surface area contributed by atoms with Crippen molar-refractivity contribution in [1.29, 1.82) is 0 Å². The van der Waals surface area contributed by atoms with E-state index < -0.39 is 11.9 Å². The maximum Gasteiger partial charge on any atom is 0.289 e. The number of amides is 2. The van der Waals surface area contributed by atoms with Crippen molar-refractivity contribution in [3.8, 4) is 0 Å². The number of likely N-dealkylation sites (N-methyl/N-ethyl adjacent to an activating group) is 1. The third-order valence-electron chi connectivity index (χ3n) is 5.70. The highest BCUT2D eigenvalue weighted by molar-refractivity contribution is 6.02. The van der Waals surface area contributed by atoms with Gasteiger partial charge in [0.15, 0.2) is 0 Å². The van der Waals surface area contributed by atoms with Gasteiger partial charge in [0, 0.05) is 19.2 Å². The average molecular weight is 428 g/mol. The van der Waals surface area contributed by atoms with Crippen LogP contribution in [0.3, 0.4) is 0 Å². The number of rotatable bonds is 6. The summed E-state index contributed by atoms with van der Waals surface area (Å²) in [7, 11) is 1.73. The molecule has 0 spiro atoms. The Morgan fingerprint density at radius 3 is 2.75 bits per heavy atom. The van der Waals surface area contributed by atoms with Gasteiger partial charge >= 0.3 is 0 Å². The molecule has 0 fully saturated rings. The van der Waals surface area contributed by atoms with Gasteiger partial charge in [0.25, 0.3) is 5.91 Å². The monoisotopic (exact) mass is 427 g/mol. The predicted octanol–water partition coefficient (Wildman–Crippen LogP) is 3.38. The first-order chi connectivity index (χ1) is 15.6. The van der Waals surface area contributed by atoms with Crippen LogP contribution in [0.15, 0.2) is 73.0 Å². The van der Waals surface area contributed by atoms with Crippen LogP contribution in [0.25, 0.3) is 0 Å². The van der Waals surface area contributed by atoms with Crippen molar-refractivity contribution in [1.82, 2.24) is 20.5 Å². The summed E-state index contributed by atoms with van der Waals surface area (Å²) in [6.45, 7) is 3.65. The van der Waals surface area contributed by atoms with E-state index in [1.54, 1.807) is 11.9 Å². The van der Waals surface area contributed by atoms with Crippen LogP contribution in [0.5, 0.6) is 0 Å². The molecule has 3 aromatic rings. The summed E-state index contributed by atoms with van der Waals surface area (Å²) in [5, 5.41) is 10.9. The summed E-state index contributed by atoms with van der Waals surface area (Å²) in [5.74, 6) is 0.109. The van der Waals surface area contributed by atoms with E-state index in [1.165, 1.54) is 0 Å². The molecule has 2 atom stereocenters. The fourth-order valence-electron chi connectivity index (χ4n) is 4.07. The summed E-state index contributed by atoms with van der Waals surface area (Å²) < 4.78 is 0.